The van der Waals surface area contributed by atoms with Gasteiger partial charge in [-0.2, -0.15) is 5.10 Å². The van der Waals surface area contributed by atoms with Crippen molar-refractivity contribution in [1.29, 1.82) is 0 Å². The van der Waals surface area contributed by atoms with Crippen molar-refractivity contribution in [2.24, 2.45) is 0 Å². The van der Waals surface area contributed by atoms with E-state index >= 15 is 0 Å². The monoisotopic (exact) mass is 315 g/mol. The number of carbonyl (C=O) groups excluding carboxylic acids is 1. The van der Waals surface area contributed by atoms with E-state index in [1.54, 1.807) is 19.5 Å². The van der Waals surface area contributed by atoms with Gasteiger partial charge in [0.1, 0.15) is 18.0 Å². The number of rotatable bonds is 4. The smallest absolute Gasteiger partial charge is 0.248 e. The summed E-state index contributed by atoms with van der Waals surface area (Å²) in [5.74, 6) is 0.237. The van der Waals surface area contributed by atoms with E-state index in [1.807, 2.05) is 17.9 Å². The zero-order chi connectivity index (χ0) is 16.2. The molecule has 0 bridgehead atoms. The van der Waals surface area contributed by atoms with Gasteiger partial charge < -0.3 is 9.64 Å². The van der Waals surface area contributed by atoms with E-state index in [0.29, 0.717) is 6.54 Å². The van der Waals surface area contributed by atoms with Crippen molar-refractivity contribution in [3.8, 4) is 11.4 Å². The van der Waals surface area contributed by atoms with Crippen LogP contribution in [0.25, 0.3) is 11.4 Å². The van der Waals surface area contributed by atoms with Crippen molar-refractivity contribution in [3.63, 3.8) is 0 Å². The van der Waals surface area contributed by atoms with Gasteiger partial charge in [0.2, 0.25) is 5.91 Å². The van der Waals surface area contributed by atoms with Crippen LogP contribution >= 0.6 is 0 Å². The van der Waals surface area contributed by atoms with Gasteiger partial charge in [0.15, 0.2) is 0 Å². The van der Waals surface area contributed by atoms with Crippen molar-refractivity contribution in [3.05, 3.63) is 29.8 Å². The number of amides is 1. The largest absolute Gasteiger partial charge is 0.375 e. The highest BCUT2D eigenvalue weighted by molar-refractivity contribution is 5.77. The molecule has 23 heavy (non-hydrogen) atoms. The number of nitrogens with zero attached hydrogens (tertiary/aromatic N) is 4. The molecule has 1 fully saturated rings. The van der Waals surface area contributed by atoms with Crippen LogP contribution in [-0.4, -0.2) is 57.8 Å². The van der Waals surface area contributed by atoms with E-state index in [2.05, 4.69) is 15.2 Å². The number of nitrogens with one attached hydrogen (secondary N) is 1. The summed E-state index contributed by atoms with van der Waals surface area (Å²) in [6.45, 7) is 3.53. The number of ether oxygens (including phenoxy) is 1. The Morgan fingerprint density at radius 2 is 2.30 bits per heavy atom. The molecule has 0 aliphatic carbocycles. The standard InChI is InChI=1S/C16H21N5O2/c1-11-6-13(20-19-11)15-8-17-7-14(18-15)12-4-3-5-21(9-12)16(22)10-23-2/h6-8,12H,3-5,9-10H2,1-2H3,(H,19,20)/t12-/m1/s1. The van der Waals surface area contributed by atoms with Crippen LogP contribution < -0.4 is 0 Å². The van der Waals surface area contributed by atoms with Gasteiger partial charge in [-0.25, -0.2) is 4.98 Å². The summed E-state index contributed by atoms with van der Waals surface area (Å²) >= 11 is 0. The van der Waals surface area contributed by atoms with E-state index < -0.39 is 0 Å². The molecule has 1 aliphatic heterocycles. The summed E-state index contributed by atoms with van der Waals surface area (Å²) in [5, 5.41) is 7.15. The first kappa shape index (κ1) is 15.6. The molecule has 0 aromatic carbocycles. The Morgan fingerprint density at radius 1 is 1.43 bits per heavy atom. The fourth-order valence-corrected chi connectivity index (χ4v) is 2.91. The summed E-state index contributed by atoms with van der Waals surface area (Å²) in [4.78, 5) is 22.9. The quantitative estimate of drug-likeness (QED) is 0.925. The molecular weight excluding hydrogens is 294 g/mol. The lowest BCUT2D eigenvalue weighted by atomic mass is 9.95. The second kappa shape index (κ2) is 6.87. The maximum absolute atomic E-state index is 12.0. The Bertz CT molecular complexity index is 685. The average molecular weight is 315 g/mol. The maximum Gasteiger partial charge on any atom is 0.248 e. The van der Waals surface area contributed by atoms with Crippen molar-refractivity contribution in [2.75, 3.05) is 26.8 Å². The molecule has 7 heteroatoms. The first-order chi connectivity index (χ1) is 11.2. The van der Waals surface area contributed by atoms with Crippen molar-refractivity contribution >= 4 is 5.91 Å². The lowest BCUT2D eigenvalue weighted by molar-refractivity contribution is -0.136. The molecule has 1 atom stereocenters. The second-order valence-electron chi connectivity index (χ2n) is 5.88. The van der Waals surface area contributed by atoms with Crippen LogP contribution in [0, 0.1) is 6.92 Å². The summed E-state index contributed by atoms with van der Waals surface area (Å²) in [6.07, 6.45) is 5.48. The van der Waals surface area contributed by atoms with Gasteiger partial charge in [-0.05, 0) is 25.8 Å². The molecule has 3 heterocycles. The van der Waals surface area contributed by atoms with Gasteiger partial charge in [0.25, 0.3) is 0 Å². The molecule has 3 rings (SSSR count). The fraction of sp³-hybridized carbons (Fsp3) is 0.500. The molecule has 7 nitrogen and oxygen atoms in total. The lowest BCUT2D eigenvalue weighted by Gasteiger charge is -2.32. The molecule has 2 aromatic rings. The number of piperidine rings is 1. The maximum atomic E-state index is 12.0. The number of H-pyrrole nitrogens is 1. The average Bonchev–Trinajstić information content (AvgIpc) is 3.02. The van der Waals surface area contributed by atoms with Gasteiger partial charge in [-0.3, -0.25) is 14.9 Å². The summed E-state index contributed by atoms with van der Waals surface area (Å²) < 4.78 is 4.95. The van der Waals surface area contributed by atoms with Gasteiger partial charge in [0, 0.05) is 38.0 Å². The fourth-order valence-electron chi connectivity index (χ4n) is 2.91. The number of carbonyl (C=O) groups is 1. The van der Waals surface area contributed by atoms with Gasteiger partial charge in [-0.15, -0.1) is 0 Å². The van der Waals surface area contributed by atoms with Crippen LogP contribution in [0.15, 0.2) is 18.5 Å². The number of hydrogen-bond donors (Lipinski definition) is 1. The van der Waals surface area contributed by atoms with E-state index in [1.165, 1.54) is 0 Å². The molecule has 0 radical (unpaired) electrons. The third-order valence-electron chi connectivity index (χ3n) is 4.08. The third-order valence-corrected chi connectivity index (χ3v) is 4.08. The molecule has 0 spiro atoms. The highest BCUT2D eigenvalue weighted by atomic mass is 16.5. The zero-order valence-corrected chi connectivity index (χ0v) is 13.5. The molecule has 1 N–H and O–H groups in total. The number of aryl methyl sites for hydroxylation is 1. The Morgan fingerprint density at radius 3 is 3.04 bits per heavy atom. The van der Waals surface area contributed by atoms with Gasteiger partial charge in [0.05, 0.1) is 11.9 Å². The zero-order valence-electron chi connectivity index (χ0n) is 13.5. The molecule has 1 saturated heterocycles. The molecule has 0 saturated carbocycles. The van der Waals surface area contributed by atoms with Crippen molar-refractivity contribution in [1.82, 2.24) is 25.1 Å². The minimum absolute atomic E-state index is 0.0317. The van der Waals surface area contributed by atoms with Crippen LogP contribution in [0.4, 0.5) is 0 Å². The van der Waals surface area contributed by atoms with E-state index in [0.717, 1.165) is 42.2 Å². The topological polar surface area (TPSA) is 84.0 Å². The first-order valence-corrected chi connectivity index (χ1v) is 7.78. The van der Waals surface area contributed by atoms with E-state index in [4.69, 9.17) is 9.72 Å². The summed E-state index contributed by atoms with van der Waals surface area (Å²) in [7, 11) is 1.54. The number of likely N-dealkylation sites (tertiary alicyclic amines) is 1. The number of hydrogen-bond acceptors (Lipinski definition) is 5. The first-order valence-electron chi connectivity index (χ1n) is 7.78. The molecule has 0 unspecified atom stereocenters. The summed E-state index contributed by atoms with van der Waals surface area (Å²) in [5.41, 5.74) is 3.45. The van der Waals surface area contributed by atoms with Gasteiger partial charge in [-0.1, -0.05) is 0 Å². The minimum Gasteiger partial charge on any atom is -0.375 e. The van der Waals surface area contributed by atoms with Crippen molar-refractivity contribution < 1.29 is 9.53 Å². The normalized spacial score (nSPS) is 18.2. The number of aromatic amines is 1. The predicted molar refractivity (Wildman–Crippen MR) is 84.8 cm³/mol. The molecule has 2 aromatic heterocycles. The highest BCUT2D eigenvalue weighted by Gasteiger charge is 2.26. The second-order valence-corrected chi connectivity index (χ2v) is 5.88. The summed E-state index contributed by atoms with van der Waals surface area (Å²) in [6, 6.07) is 1.95. The molecule has 122 valence electrons. The van der Waals surface area contributed by atoms with Crippen LogP contribution in [0.1, 0.15) is 30.1 Å². The van der Waals surface area contributed by atoms with Crippen LogP contribution in [-0.2, 0) is 9.53 Å². The minimum atomic E-state index is 0.0317. The van der Waals surface area contributed by atoms with Crippen LogP contribution in [0.5, 0.6) is 0 Å². The Hall–Kier alpha value is -2.28. The SMILES string of the molecule is COCC(=O)N1CCC[C@@H](c2cncc(-c3cc(C)[nH]n3)n2)C1. The number of methoxy groups -OCH3 is 1. The Kier molecular flexibility index (Phi) is 4.66. The molecular formula is C16H21N5O2. The van der Waals surface area contributed by atoms with E-state index in [9.17, 15) is 4.79 Å². The van der Waals surface area contributed by atoms with Gasteiger partial charge >= 0.3 is 0 Å². The lowest BCUT2D eigenvalue weighted by Crippen LogP contribution is -2.41. The number of aromatic nitrogens is 4. The van der Waals surface area contributed by atoms with E-state index in [-0.39, 0.29) is 18.4 Å². The van der Waals surface area contributed by atoms with Crippen LogP contribution in [0.3, 0.4) is 0 Å². The Labute approximate surface area is 135 Å². The molecule has 1 aliphatic rings. The van der Waals surface area contributed by atoms with Crippen LogP contribution in [0.2, 0.25) is 0 Å². The molecule has 1 amide bonds. The highest BCUT2D eigenvalue weighted by Crippen LogP contribution is 2.26. The Balaban J connectivity index is 1.77. The van der Waals surface area contributed by atoms with Crippen molar-refractivity contribution in [2.45, 2.75) is 25.7 Å². The third kappa shape index (κ3) is 3.56. The predicted octanol–water partition coefficient (Wildman–Crippen LogP) is 1.53.